The third kappa shape index (κ3) is 1.90. The molecule has 0 amide bonds. The van der Waals surface area contributed by atoms with Crippen LogP contribution in [0.15, 0.2) is 18.2 Å². The van der Waals surface area contributed by atoms with Crippen LogP contribution in [-0.4, -0.2) is 9.97 Å². The minimum atomic E-state index is 0.525. The van der Waals surface area contributed by atoms with Gasteiger partial charge in [0.1, 0.15) is 0 Å². The van der Waals surface area contributed by atoms with Gasteiger partial charge in [-0.2, -0.15) is 0 Å². The molecule has 0 aliphatic heterocycles. The van der Waals surface area contributed by atoms with E-state index in [1.165, 1.54) is 11.1 Å². The molecule has 1 heterocycles. The Morgan fingerprint density at radius 3 is 2.81 bits per heavy atom. The zero-order chi connectivity index (χ0) is 11.7. The van der Waals surface area contributed by atoms with Crippen LogP contribution in [0.2, 0.25) is 5.15 Å². The van der Waals surface area contributed by atoms with E-state index in [-0.39, 0.29) is 0 Å². The van der Waals surface area contributed by atoms with Crippen molar-refractivity contribution in [1.29, 1.82) is 0 Å². The van der Waals surface area contributed by atoms with Crippen LogP contribution in [-0.2, 0) is 6.42 Å². The molecule has 16 heavy (non-hydrogen) atoms. The monoisotopic (exact) mass is 234 g/mol. The second kappa shape index (κ2) is 4.38. The van der Waals surface area contributed by atoms with Gasteiger partial charge < -0.3 is 0 Å². The summed E-state index contributed by atoms with van der Waals surface area (Å²) in [6.45, 7) is 7.80. The Balaban J connectivity index is 2.40. The number of nitrogens with zero attached hydrogens (tertiary/aromatic N) is 2. The molecule has 2 rings (SSSR count). The van der Waals surface area contributed by atoms with Crippen molar-refractivity contribution in [1.82, 2.24) is 9.97 Å². The van der Waals surface area contributed by atoms with Crippen molar-refractivity contribution >= 4 is 17.2 Å². The predicted molar refractivity (Wildman–Crippen MR) is 67.5 cm³/mol. The van der Waals surface area contributed by atoms with Crippen LogP contribution >= 0.6 is 11.6 Å². The lowest BCUT2D eigenvalue weighted by molar-refractivity contribution is 1.00. The van der Waals surface area contributed by atoms with E-state index in [2.05, 4.69) is 23.5 Å². The number of aryl methyl sites for hydroxylation is 1. The normalized spacial score (nSPS) is 14.2. The SMILES string of the molecule is C=CCCC1=C(C)Cc2nc(Cl)c(C)nc21. The molecule has 0 spiro atoms. The largest absolute Gasteiger partial charge is 0.248 e. The fraction of sp³-hybridized carbons (Fsp3) is 0.385. The Bertz CT molecular complexity index is 475. The first kappa shape index (κ1) is 11.3. The van der Waals surface area contributed by atoms with Crippen LogP contribution in [0.3, 0.4) is 0 Å². The second-order valence-electron chi connectivity index (χ2n) is 4.16. The first-order valence-electron chi connectivity index (χ1n) is 5.46. The summed E-state index contributed by atoms with van der Waals surface area (Å²) in [5, 5.41) is 0.525. The van der Waals surface area contributed by atoms with Gasteiger partial charge in [0.2, 0.25) is 0 Å². The number of aromatic nitrogens is 2. The fourth-order valence-corrected chi connectivity index (χ4v) is 2.18. The van der Waals surface area contributed by atoms with E-state index >= 15 is 0 Å². The molecule has 0 saturated heterocycles. The van der Waals surface area contributed by atoms with Crippen LogP contribution in [0.5, 0.6) is 0 Å². The lowest BCUT2D eigenvalue weighted by Crippen LogP contribution is -1.98. The van der Waals surface area contributed by atoms with Crippen LogP contribution in [0.4, 0.5) is 0 Å². The first-order chi connectivity index (χ1) is 7.63. The Morgan fingerprint density at radius 2 is 2.12 bits per heavy atom. The zero-order valence-electron chi connectivity index (χ0n) is 9.68. The molecule has 0 bridgehead atoms. The fourth-order valence-electron chi connectivity index (χ4n) is 2.03. The van der Waals surface area contributed by atoms with E-state index in [9.17, 15) is 0 Å². The Hall–Kier alpha value is -1.15. The molecule has 0 aromatic carbocycles. The van der Waals surface area contributed by atoms with Gasteiger partial charge in [0.05, 0.1) is 17.1 Å². The Labute approximate surface area is 101 Å². The molecule has 0 atom stereocenters. The molecule has 0 radical (unpaired) electrons. The van der Waals surface area contributed by atoms with Crippen molar-refractivity contribution in [2.24, 2.45) is 0 Å². The number of rotatable bonds is 3. The van der Waals surface area contributed by atoms with Crippen molar-refractivity contribution < 1.29 is 0 Å². The summed E-state index contributed by atoms with van der Waals surface area (Å²) in [6, 6.07) is 0. The summed E-state index contributed by atoms with van der Waals surface area (Å²) >= 11 is 5.98. The number of allylic oxidation sites excluding steroid dienone is 3. The van der Waals surface area contributed by atoms with E-state index < -0.39 is 0 Å². The third-order valence-electron chi connectivity index (χ3n) is 2.92. The minimum absolute atomic E-state index is 0.525. The van der Waals surface area contributed by atoms with Gasteiger partial charge in [-0.3, -0.25) is 0 Å². The molecule has 1 aromatic rings. The van der Waals surface area contributed by atoms with Gasteiger partial charge in [0.15, 0.2) is 5.15 Å². The van der Waals surface area contributed by atoms with Crippen molar-refractivity contribution in [2.75, 3.05) is 0 Å². The van der Waals surface area contributed by atoms with Crippen LogP contribution in [0.1, 0.15) is 36.8 Å². The quantitative estimate of drug-likeness (QED) is 0.745. The van der Waals surface area contributed by atoms with E-state index in [1.54, 1.807) is 0 Å². The average Bonchev–Trinajstić information content (AvgIpc) is 2.52. The molecular formula is C13H15ClN2. The van der Waals surface area contributed by atoms with E-state index in [4.69, 9.17) is 11.6 Å². The van der Waals surface area contributed by atoms with E-state index in [1.807, 2.05) is 13.0 Å². The third-order valence-corrected chi connectivity index (χ3v) is 3.27. The maximum atomic E-state index is 5.98. The molecule has 0 saturated carbocycles. The highest BCUT2D eigenvalue weighted by atomic mass is 35.5. The smallest absolute Gasteiger partial charge is 0.150 e. The Morgan fingerprint density at radius 1 is 1.38 bits per heavy atom. The summed E-state index contributed by atoms with van der Waals surface area (Å²) in [5.41, 5.74) is 5.56. The van der Waals surface area contributed by atoms with Gasteiger partial charge in [-0.1, -0.05) is 23.3 Å². The summed E-state index contributed by atoms with van der Waals surface area (Å²) in [7, 11) is 0. The van der Waals surface area contributed by atoms with E-state index in [0.717, 1.165) is 36.3 Å². The molecular weight excluding hydrogens is 220 g/mol. The Kier molecular flexibility index (Phi) is 3.10. The predicted octanol–water partition coefficient (Wildman–Crippen LogP) is 3.73. The molecule has 1 aromatic heterocycles. The second-order valence-corrected chi connectivity index (χ2v) is 4.52. The topological polar surface area (TPSA) is 25.8 Å². The van der Waals surface area contributed by atoms with Crippen molar-refractivity contribution in [3.63, 3.8) is 0 Å². The molecule has 0 unspecified atom stereocenters. The molecule has 3 heteroatoms. The number of hydrogen-bond acceptors (Lipinski definition) is 2. The van der Waals surface area contributed by atoms with Gasteiger partial charge in [0.25, 0.3) is 0 Å². The average molecular weight is 235 g/mol. The lowest BCUT2D eigenvalue weighted by atomic mass is 10.1. The summed E-state index contributed by atoms with van der Waals surface area (Å²) in [4.78, 5) is 8.95. The summed E-state index contributed by atoms with van der Waals surface area (Å²) in [6.07, 6.45) is 4.80. The molecule has 84 valence electrons. The summed E-state index contributed by atoms with van der Waals surface area (Å²) in [5.74, 6) is 0. The van der Waals surface area contributed by atoms with Gasteiger partial charge in [-0.25, -0.2) is 9.97 Å². The highest BCUT2D eigenvalue weighted by Gasteiger charge is 2.22. The maximum absolute atomic E-state index is 5.98. The highest BCUT2D eigenvalue weighted by Crippen LogP contribution is 2.34. The highest BCUT2D eigenvalue weighted by molar-refractivity contribution is 6.30. The first-order valence-corrected chi connectivity index (χ1v) is 5.84. The molecule has 1 aliphatic rings. The van der Waals surface area contributed by atoms with Gasteiger partial charge >= 0.3 is 0 Å². The van der Waals surface area contributed by atoms with Crippen molar-refractivity contribution in [2.45, 2.75) is 33.1 Å². The number of hydrogen-bond donors (Lipinski definition) is 0. The summed E-state index contributed by atoms with van der Waals surface area (Å²) < 4.78 is 0. The van der Waals surface area contributed by atoms with Gasteiger partial charge in [-0.05, 0) is 32.3 Å². The van der Waals surface area contributed by atoms with Crippen molar-refractivity contribution in [3.8, 4) is 0 Å². The van der Waals surface area contributed by atoms with Crippen LogP contribution in [0, 0.1) is 6.92 Å². The lowest BCUT2D eigenvalue weighted by Gasteiger charge is -2.05. The van der Waals surface area contributed by atoms with Gasteiger partial charge in [0, 0.05) is 6.42 Å². The molecule has 0 N–H and O–H groups in total. The van der Waals surface area contributed by atoms with Crippen LogP contribution < -0.4 is 0 Å². The molecule has 0 fully saturated rings. The zero-order valence-corrected chi connectivity index (χ0v) is 10.4. The standard InChI is InChI=1S/C13H15ClN2/c1-4-5-6-10-8(2)7-11-12(10)15-9(3)13(14)16-11/h4H,1,5-7H2,2-3H3. The number of halogens is 1. The van der Waals surface area contributed by atoms with Crippen LogP contribution in [0.25, 0.3) is 5.57 Å². The molecule has 1 aliphatic carbocycles. The molecule has 2 nitrogen and oxygen atoms in total. The van der Waals surface area contributed by atoms with Gasteiger partial charge in [-0.15, -0.1) is 6.58 Å². The minimum Gasteiger partial charge on any atom is -0.248 e. The maximum Gasteiger partial charge on any atom is 0.150 e. The number of fused-ring (bicyclic) bond motifs is 1. The van der Waals surface area contributed by atoms with Crippen molar-refractivity contribution in [3.05, 3.63) is 40.5 Å². The van der Waals surface area contributed by atoms with E-state index in [0.29, 0.717) is 5.15 Å².